The highest BCUT2D eigenvalue weighted by Crippen LogP contribution is 2.31. The van der Waals surface area contributed by atoms with Crippen molar-refractivity contribution in [1.82, 2.24) is 47.4 Å². The molecular weight excluding hydrogens is 1030 g/mol. The third-order valence-corrected chi connectivity index (χ3v) is 13.1. The van der Waals surface area contributed by atoms with Gasteiger partial charge in [-0.2, -0.15) is 0 Å². The number of aliphatic carboxylic acids is 1. The van der Waals surface area contributed by atoms with Crippen molar-refractivity contribution in [3.63, 3.8) is 0 Å². The van der Waals surface area contributed by atoms with Gasteiger partial charge in [0, 0.05) is 13.5 Å². The molecule has 17 N–H and O–H groups in total. The molecule has 3 fully saturated rings. The first-order valence-corrected chi connectivity index (χ1v) is 25.1. The zero-order chi connectivity index (χ0) is 58.5. The van der Waals surface area contributed by atoms with E-state index < -0.39 is 200 Å². The van der Waals surface area contributed by atoms with E-state index in [0.717, 1.165) is 6.92 Å². The Morgan fingerprint density at radius 2 is 1.04 bits per heavy atom. The Morgan fingerprint density at radius 3 is 1.48 bits per heavy atom. The molecule has 0 spiro atoms. The second-order valence-corrected chi connectivity index (χ2v) is 19.7. The lowest BCUT2D eigenvalue weighted by Crippen LogP contribution is -2.68. The number of nitrogens with two attached hydrogens (primary N) is 1. The average molecular weight is 1110 g/mol. The van der Waals surface area contributed by atoms with Gasteiger partial charge in [0.25, 0.3) is 0 Å². The van der Waals surface area contributed by atoms with Crippen LogP contribution in [0, 0.1) is 5.92 Å². The maximum Gasteiger partial charge on any atom is 0.325 e. The Hall–Kier alpha value is -5.74. The molecule has 0 saturated carbocycles. The van der Waals surface area contributed by atoms with Gasteiger partial charge >= 0.3 is 5.97 Å². The fourth-order valence-electron chi connectivity index (χ4n) is 8.21. The fourth-order valence-corrected chi connectivity index (χ4v) is 8.21. The number of aliphatic hydroxyl groups excluding tert-OH is 6. The molecule has 3 heterocycles. The number of amides is 9. The number of ether oxygens (including phenoxy) is 4. The third-order valence-electron chi connectivity index (χ3n) is 13.1. The quantitative estimate of drug-likeness (QED) is 0.0404. The normalized spacial score (nSPS) is 28.9. The molecule has 0 radical (unpaired) electrons. The molecule has 0 aromatic heterocycles. The molecule has 3 saturated heterocycles. The van der Waals surface area contributed by atoms with Gasteiger partial charge < -0.3 is 108 Å². The lowest BCUT2D eigenvalue weighted by molar-refractivity contribution is -0.347. The Morgan fingerprint density at radius 1 is 0.597 bits per heavy atom. The molecule has 0 aromatic carbocycles. The van der Waals surface area contributed by atoms with Crippen LogP contribution in [0.4, 0.5) is 0 Å². The van der Waals surface area contributed by atoms with E-state index in [1.807, 2.05) is 0 Å². The van der Waals surface area contributed by atoms with E-state index in [1.54, 1.807) is 13.8 Å². The van der Waals surface area contributed by atoms with E-state index in [1.165, 1.54) is 53.4 Å². The summed E-state index contributed by atoms with van der Waals surface area (Å²) in [4.78, 5) is 130. The first kappa shape index (κ1) is 65.5. The standard InChI is InChI=1S/C46H78N10O21/c1-16(2)29(55-42(70)28(47)23(9)74-45-30(54-24(10)59)35(32(61)27(15-58)75-45)77-46-34(63)33(62)31(60)26(14-57)76-46)43(71)56-13-11-12-25(56)41(69)52-21(7)39(67)50-19(5)37(65)48-17(3)36(64)49-18(4)38(66)51-20(6)40(68)53-22(8)44(72)73/h16-23,25-35,45-46,57-58,60-63H,11-15,47H2,1-10H3,(H,48,65)(H,49,64)(H,50,67)(H,51,66)(H,52,69)(H,53,68)(H,54,59)(H,55,70)(H,72,73)/t17?,18-,19-,20?,21?,22-,23?,25-,26?,27?,28-,29?,30?,31-,32-,33?,34-,35+,45-,46-/m0/s1. The number of hydrogen-bond acceptors (Lipinski definition) is 21. The van der Waals surface area contributed by atoms with Gasteiger partial charge in [0.15, 0.2) is 12.6 Å². The van der Waals surface area contributed by atoms with Crippen molar-refractivity contribution in [1.29, 1.82) is 0 Å². The van der Waals surface area contributed by atoms with Crippen LogP contribution in [0.5, 0.6) is 0 Å². The molecule has 438 valence electrons. The van der Waals surface area contributed by atoms with Crippen LogP contribution in [0.2, 0.25) is 0 Å². The molecular formula is C46H78N10O21. The molecule has 0 aliphatic carbocycles. The number of rotatable bonds is 25. The van der Waals surface area contributed by atoms with E-state index >= 15 is 0 Å². The monoisotopic (exact) mass is 1110 g/mol. The summed E-state index contributed by atoms with van der Waals surface area (Å²) in [5, 5.41) is 90.5. The zero-order valence-corrected chi connectivity index (χ0v) is 44.5. The number of carbonyl (C=O) groups excluding carboxylic acids is 9. The van der Waals surface area contributed by atoms with Crippen LogP contribution in [0.1, 0.15) is 82.1 Å². The molecule has 9 unspecified atom stereocenters. The van der Waals surface area contributed by atoms with E-state index in [0.29, 0.717) is 6.42 Å². The first-order valence-electron chi connectivity index (χ1n) is 25.1. The molecule has 3 aliphatic heterocycles. The highest BCUT2D eigenvalue weighted by molar-refractivity contribution is 5.98. The molecule has 9 amide bonds. The topological polar surface area (TPSA) is 475 Å². The fraction of sp³-hybridized carbons (Fsp3) is 0.783. The first-order chi connectivity index (χ1) is 35.9. The van der Waals surface area contributed by atoms with Crippen LogP contribution >= 0.6 is 0 Å². The highest BCUT2D eigenvalue weighted by Gasteiger charge is 2.52. The van der Waals surface area contributed by atoms with E-state index in [4.69, 9.17) is 29.8 Å². The van der Waals surface area contributed by atoms with Crippen molar-refractivity contribution < 1.29 is 103 Å². The number of aliphatic hydroxyl groups is 6. The smallest absolute Gasteiger partial charge is 0.325 e. The minimum absolute atomic E-state index is 0.0899. The molecule has 31 heteroatoms. The summed E-state index contributed by atoms with van der Waals surface area (Å²) in [5.41, 5.74) is 6.35. The van der Waals surface area contributed by atoms with Gasteiger partial charge in [-0.1, -0.05) is 13.8 Å². The van der Waals surface area contributed by atoms with Gasteiger partial charge in [-0.3, -0.25) is 47.9 Å². The molecule has 20 atom stereocenters. The second-order valence-electron chi connectivity index (χ2n) is 19.7. The molecule has 3 aliphatic rings. The SMILES string of the molecule is CC(=O)NC1[C@@H](OC(C)[C@H](N)C(=O)NC(C(=O)N2CCC[C@H]2C(=O)NC(C)C(=O)N[C@@H](C)C(=O)NC(C)C(=O)N[C@@H](C)C(=O)NC(C)C(=O)N[C@@H](C)C(=O)O)C(C)C)OC(CO)[C@H](O)[C@@H]1O[C@@H]1OC(CO)[C@H](O)C(O)[C@@H]1O. The Balaban J connectivity index is 1.60. The van der Waals surface area contributed by atoms with Crippen LogP contribution in [-0.4, -0.2) is 241 Å². The highest BCUT2D eigenvalue weighted by atomic mass is 16.7. The zero-order valence-electron chi connectivity index (χ0n) is 44.5. The molecule has 31 nitrogen and oxygen atoms in total. The summed E-state index contributed by atoms with van der Waals surface area (Å²) in [6.45, 7) is 11.9. The van der Waals surface area contributed by atoms with Gasteiger partial charge in [0.2, 0.25) is 53.2 Å². The van der Waals surface area contributed by atoms with Crippen molar-refractivity contribution in [3.8, 4) is 0 Å². The van der Waals surface area contributed by atoms with Crippen LogP contribution < -0.4 is 48.3 Å². The summed E-state index contributed by atoms with van der Waals surface area (Å²) in [6, 6.07) is -12.7. The maximum absolute atomic E-state index is 14.1. The summed E-state index contributed by atoms with van der Waals surface area (Å²) in [6.07, 6.45) is -16.1. The van der Waals surface area contributed by atoms with Crippen LogP contribution in [0.3, 0.4) is 0 Å². The van der Waals surface area contributed by atoms with Gasteiger partial charge in [-0.05, 0) is 67.2 Å². The number of likely N-dealkylation sites (tertiary alicyclic amines) is 1. The second kappa shape index (κ2) is 29.3. The number of nitrogens with one attached hydrogen (secondary N) is 8. The molecule has 3 rings (SSSR count). The van der Waals surface area contributed by atoms with Crippen LogP contribution in [0.15, 0.2) is 0 Å². The van der Waals surface area contributed by atoms with Crippen molar-refractivity contribution in [3.05, 3.63) is 0 Å². The summed E-state index contributed by atoms with van der Waals surface area (Å²) in [7, 11) is 0. The minimum Gasteiger partial charge on any atom is -0.480 e. The van der Waals surface area contributed by atoms with E-state index in [-0.39, 0.29) is 13.0 Å². The number of nitrogens with zero attached hydrogens (tertiary/aromatic N) is 1. The van der Waals surface area contributed by atoms with Crippen LogP contribution in [0.25, 0.3) is 0 Å². The predicted molar refractivity (Wildman–Crippen MR) is 261 cm³/mol. The van der Waals surface area contributed by atoms with Gasteiger partial charge in [-0.25, -0.2) is 0 Å². The van der Waals surface area contributed by atoms with Crippen molar-refractivity contribution in [2.45, 2.75) is 204 Å². The van der Waals surface area contributed by atoms with E-state index in [2.05, 4.69) is 42.5 Å². The lowest BCUT2D eigenvalue weighted by atomic mass is 9.95. The molecule has 0 bridgehead atoms. The number of carbonyl (C=O) groups is 10. The summed E-state index contributed by atoms with van der Waals surface area (Å²) < 4.78 is 23.0. The summed E-state index contributed by atoms with van der Waals surface area (Å²) in [5.74, 6) is -8.88. The van der Waals surface area contributed by atoms with Crippen molar-refractivity contribution >= 4 is 59.1 Å². The van der Waals surface area contributed by atoms with E-state index in [9.17, 15) is 78.6 Å². The Kier molecular flexibility index (Phi) is 24.9. The lowest BCUT2D eigenvalue weighted by Gasteiger charge is -2.48. The maximum atomic E-state index is 14.1. The van der Waals surface area contributed by atoms with Crippen LogP contribution in [-0.2, 0) is 66.9 Å². The predicted octanol–water partition coefficient (Wildman–Crippen LogP) is -8.27. The molecule has 0 aromatic rings. The third kappa shape index (κ3) is 17.6. The molecule has 77 heavy (non-hydrogen) atoms. The number of carboxylic acid groups (broad SMARTS) is 1. The summed E-state index contributed by atoms with van der Waals surface area (Å²) >= 11 is 0. The number of hydrogen-bond donors (Lipinski definition) is 16. The van der Waals surface area contributed by atoms with Gasteiger partial charge in [0.05, 0.1) is 19.3 Å². The largest absolute Gasteiger partial charge is 0.480 e. The average Bonchev–Trinajstić information content (AvgIpc) is 3.87. The van der Waals surface area contributed by atoms with Crippen molar-refractivity contribution in [2.24, 2.45) is 11.7 Å². The van der Waals surface area contributed by atoms with Gasteiger partial charge in [-0.15, -0.1) is 0 Å². The Bertz CT molecular complexity index is 2110. The number of carboxylic acids is 1. The van der Waals surface area contributed by atoms with Gasteiger partial charge in [0.1, 0.15) is 103 Å². The minimum atomic E-state index is -1.93. The van der Waals surface area contributed by atoms with Crippen molar-refractivity contribution in [2.75, 3.05) is 19.8 Å². The Labute approximate surface area is 443 Å².